The van der Waals surface area contributed by atoms with E-state index in [1.54, 1.807) is 48.9 Å². The highest BCUT2D eigenvalue weighted by atomic mass is 16.5. The van der Waals surface area contributed by atoms with Crippen molar-refractivity contribution >= 4 is 5.78 Å². The Morgan fingerprint density at radius 1 is 1.33 bits per heavy atom. The minimum absolute atomic E-state index is 0.0115. The molecule has 7 heteroatoms. The Bertz CT molecular complexity index is 794. The molecule has 2 aromatic heterocycles. The van der Waals surface area contributed by atoms with E-state index >= 15 is 0 Å². The molecular formula is C17H17N3O4. The second-order valence-electron chi connectivity index (χ2n) is 5.27. The molecule has 0 saturated heterocycles. The number of Topliss-reactive ketones (excluding diaryl/α,β-unsaturated/α-hetero) is 1. The Morgan fingerprint density at radius 2 is 2.12 bits per heavy atom. The minimum Gasteiger partial charge on any atom is -0.487 e. The van der Waals surface area contributed by atoms with Gasteiger partial charge in [0.15, 0.2) is 5.78 Å². The molecule has 3 aromatic rings. The molecule has 24 heavy (non-hydrogen) atoms. The van der Waals surface area contributed by atoms with Crippen LogP contribution in [0.25, 0.3) is 0 Å². The molecule has 3 rings (SSSR count). The van der Waals surface area contributed by atoms with E-state index in [1.165, 1.54) is 11.6 Å². The number of ether oxygens (including phenoxy) is 1. The summed E-state index contributed by atoms with van der Waals surface area (Å²) in [5.74, 6) is 1.26. The molecule has 124 valence electrons. The maximum atomic E-state index is 11.2. The molecule has 0 aliphatic rings. The van der Waals surface area contributed by atoms with Gasteiger partial charge in [-0.15, -0.1) is 5.10 Å². The highest BCUT2D eigenvalue weighted by Crippen LogP contribution is 2.18. The van der Waals surface area contributed by atoms with Crippen LogP contribution < -0.4 is 4.74 Å². The molecule has 1 unspecified atom stereocenters. The van der Waals surface area contributed by atoms with E-state index in [4.69, 9.17) is 9.15 Å². The molecule has 0 amide bonds. The van der Waals surface area contributed by atoms with Crippen molar-refractivity contribution in [3.8, 4) is 5.75 Å². The third kappa shape index (κ3) is 3.52. The Labute approximate surface area is 138 Å². The predicted molar refractivity (Wildman–Crippen MR) is 84.7 cm³/mol. The van der Waals surface area contributed by atoms with Gasteiger partial charge in [-0.1, -0.05) is 5.21 Å². The van der Waals surface area contributed by atoms with E-state index in [2.05, 4.69) is 10.3 Å². The first-order valence-corrected chi connectivity index (χ1v) is 7.46. The molecular weight excluding hydrogens is 310 g/mol. The van der Waals surface area contributed by atoms with Gasteiger partial charge >= 0.3 is 0 Å². The fourth-order valence-electron chi connectivity index (χ4n) is 2.26. The number of hydrogen-bond donors (Lipinski definition) is 1. The van der Waals surface area contributed by atoms with Gasteiger partial charge < -0.3 is 14.3 Å². The van der Waals surface area contributed by atoms with E-state index in [-0.39, 0.29) is 19.0 Å². The van der Waals surface area contributed by atoms with Crippen LogP contribution in [0.2, 0.25) is 0 Å². The van der Waals surface area contributed by atoms with E-state index in [9.17, 15) is 9.90 Å². The summed E-state index contributed by atoms with van der Waals surface area (Å²) in [4.78, 5) is 11.2. The summed E-state index contributed by atoms with van der Waals surface area (Å²) >= 11 is 0. The van der Waals surface area contributed by atoms with Gasteiger partial charge in [0.2, 0.25) is 0 Å². The lowest BCUT2D eigenvalue weighted by molar-refractivity contribution is 0.101. The summed E-state index contributed by atoms with van der Waals surface area (Å²) in [6.07, 6.45) is 3.25. The van der Waals surface area contributed by atoms with Crippen molar-refractivity contribution in [3.05, 3.63) is 65.9 Å². The lowest BCUT2D eigenvalue weighted by atomic mass is 10.1. The van der Waals surface area contributed by atoms with Gasteiger partial charge in [-0.25, -0.2) is 4.68 Å². The maximum Gasteiger partial charge on any atom is 0.159 e. The second kappa shape index (κ2) is 7.10. The maximum absolute atomic E-state index is 11.2. The lowest BCUT2D eigenvalue weighted by Gasteiger charge is -2.10. The van der Waals surface area contributed by atoms with E-state index < -0.39 is 6.04 Å². The second-order valence-corrected chi connectivity index (χ2v) is 5.27. The number of benzene rings is 1. The molecule has 1 aromatic carbocycles. The van der Waals surface area contributed by atoms with Crippen LogP contribution in [0, 0.1) is 0 Å². The topological polar surface area (TPSA) is 90.4 Å². The molecule has 0 aliphatic heterocycles. The molecule has 0 radical (unpaired) electrons. The van der Waals surface area contributed by atoms with Crippen molar-refractivity contribution in [2.75, 3.05) is 6.61 Å². The van der Waals surface area contributed by atoms with Gasteiger partial charge in [0.25, 0.3) is 0 Å². The number of aliphatic hydroxyl groups is 1. The van der Waals surface area contributed by atoms with Crippen molar-refractivity contribution in [2.24, 2.45) is 0 Å². The van der Waals surface area contributed by atoms with Crippen LogP contribution in [0.5, 0.6) is 5.75 Å². The first-order valence-electron chi connectivity index (χ1n) is 7.46. The average molecular weight is 327 g/mol. The highest BCUT2D eigenvalue weighted by molar-refractivity contribution is 5.94. The quantitative estimate of drug-likeness (QED) is 0.669. The van der Waals surface area contributed by atoms with Crippen LogP contribution in [0.4, 0.5) is 0 Å². The Kier molecular flexibility index (Phi) is 4.72. The molecule has 7 nitrogen and oxygen atoms in total. The Hall–Kier alpha value is -2.93. The summed E-state index contributed by atoms with van der Waals surface area (Å²) in [5.41, 5.74) is 1.26. The third-order valence-electron chi connectivity index (χ3n) is 3.57. The van der Waals surface area contributed by atoms with Gasteiger partial charge in [0, 0.05) is 5.56 Å². The highest BCUT2D eigenvalue weighted by Gasteiger charge is 2.17. The molecule has 1 atom stereocenters. The largest absolute Gasteiger partial charge is 0.487 e. The molecule has 2 heterocycles. The van der Waals surface area contributed by atoms with Crippen LogP contribution in [0.1, 0.15) is 34.8 Å². The number of carbonyl (C=O) groups excluding carboxylic acids is 1. The van der Waals surface area contributed by atoms with Crippen molar-refractivity contribution in [3.63, 3.8) is 0 Å². The minimum atomic E-state index is -0.420. The summed E-state index contributed by atoms with van der Waals surface area (Å²) in [6, 6.07) is 10.0. The SMILES string of the molecule is CC(=O)c1ccc(OCc2cn(C(CO)c3ccco3)nn2)cc1. The van der Waals surface area contributed by atoms with E-state index in [1.807, 2.05) is 0 Å². The number of hydrogen-bond acceptors (Lipinski definition) is 6. The Morgan fingerprint density at radius 3 is 2.75 bits per heavy atom. The number of nitrogens with zero attached hydrogens (tertiary/aromatic N) is 3. The fourth-order valence-corrected chi connectivity index (χ4v) is 2.26. The molecule has 0 bridgehead atoms. The fraction of sp³-hybridized carbons (Fsp3) is 0.235. The number of ketones is 1. The Balaban J connectivity index is 1.64. The smallest absolute Gasteiger partial charge is 0.159 e. The van der Waals surface area contributed by atoms with Crippen LogP contribution in [0.15, 0.2) is 53.3 Å². The zero-order valence-corrected chi connectivity index (χ0v) is 13.1. The summed E-state index contributed by atoms with van der Waals surface area (Å²) < 4.78 is 12.5. The summed E-state index contributed by atoms with van der Waals surface area (Å²) in [6.45, 7) is 1.60. The number of aromatic nitrogens is 3. The number of carbonyl (C=O) groups is 1. The third-order valence-corrected chi connectivity index (χ3v) is 3.57. The zero-order chi connectivity index (χ0) is 16.9. The molecule has 0 spiro atoms. The number of aliphatic hydroxyl groups excluding tert-OH is 1. The van der Waals surface area contributed by atoms with Crippen molar-refractivity contribution in [1.29, 1.82) is 0 Å². The van der Waals surface area contributed by atoms with Crippen LogP contribution in [0.3, 0.4) is 0 Å². The summed E-state index contributed by atoms with van der Waals surface area (Å²) in [7, 11) is 0. The van der Waals surface area contributed by atoms with Gasteiger partial charge in [-0.05, 0) is 43.3 Å². The first kappa shape index (κ1) is 15.9. The van der Waals surface area contributed by atoms with Crippen molar-refractivity contribution < 1.29 is 19.1 Å². The van der Waals surface area contributed by atoms with E-state index in [0.717, 1.165) is 0 Å². The first-order chi connectivity index (χ1) is 11.7. The van der Waals surface area contributed by atoms with Crippen LogP contribution in [-0.4, -0.2) is 32.5 Å². The molecule has 0 aliphatic carbocycles. The normalized spacial score (nSPS) is 12.1. The number of rotatable bonds is 7. The van der Waals surface area contributed by atoms with Crippen LogP contribution in [-0.2, 0) is 6.61 Å². The standard InChI is InChI=1S/C17H17N3O4/c1-12(22)13-4-6-15(7-5-13)24-11-14-9-20(19-18-14)16(10-21)17-3-2-8-23-17/h2-9,16,21H,10-11H2,1H3. The average Bonchev–Trinajstić information content (AvgIpc) is 3.27. The zero-order valence-electron chi connectivity index (χ0n) is 13.1. The lowest BCUT2D eigenvalue weighted by Crippen LogP contribution is -2.14. The summed E-state index contributed by atoms with van der Waals surface area (Å²) in [5, 5.41) is 17.6. The van der Waals surface area contributed by atoms with Crippen molar-refractivity contribution in [1.82, 2.24) is 15.0 Å². The van der Waals surface area contributed by atoms with Gasteiger partial charge in [-0.2, -0.15) is 0 Å². The van der Waals surface area contributed by atoms with Gasteiger partial charge in [-0.3, -0.25) is 4.79 Å². The van der Waals surface area contributed by atoms with E-state index in [0.29, 0.717) is 22.8 Å². The number of furan rings is 1. The van der Waals surface area contributed by atoms with Crippen molar-refractivity contribution in [2.45, 2.75) is 19.6 Å². The molecule has 0 saturated carbocycles. The van der Waals surface area contributed by atoms with Crippen LogP contribution >= 0.6 is 0 Å². The molecule has 1 N–H and O–H groups in total. The van der Waals surface area contributed by atoms with Gasteiger partial charge in [0.05, 0.1) is 19.1 Å². The molecule has 0 fully saturated rings. The monoisotopic (exact) mass is 327 g/mol. The van der Waals surface area contributed by atoms with Gasteiger partial charge in [0.1, 0.15) is 29.9 Å². The predicted octanol–water partition coefficient (Wildman–Crippen LogP) is 2.23.